The summed E-state index contributed by atoms with van der Waals surface area (Å²) in [6.07, 6.45) is 0.370. The van der Waals surface area contributed by atoms with Gasteiger partial charge in [0.1, 0.15) is 6.61 Å². The van der Waals surface area contributed by atoms with E-state index in [2.05, 4.69) is 0 Å². The summed E-state index contributed by atoms with van der Waals surface area (Å²) in [5, 5.41) is 9.86. The number of carbonyl (C=O) groups is 1. The summed E-state index contributed by atoms with van der Waals surface area (Å²) >= 11 is 0. The minimum atomic E-state index is -1.37. The summed E-state index contributed by atoms with van der Waals surface area (Å²) in [4.78, 5) is 11.2. The number of carbonyl (C=O) groups excluding carboxylic acids is 1. The molecule has 0 amide bonds. The maximum Gasteiger partial charge on any atom is 0.342 e. The van der Waals surface area contributed by atoms with Gasteiger partial charge in [-0.25, -0.2) is 4.79 Å². The zero-order valence-corrected chi connectivity index (χ0v) is 7.68. The molecule has 0 aromatic heterocycles. The normalized spacial score (nSPS) is 30.5. The molecule has 1 heterocycles. The van der Waals surface area contributed by atoms with Gasteiger partial charge in [0.15, 0.2) is 5.60 Å². The number of ether oxygens (including phenoxy) is 1. The van der Waals surface area contributed by atoms with Crippen LogP contribution in [-0.2, 0) is 9.53 Å². The van der Waals surface area contributed by atoms with Crippen LogP contribution in [0.1, 0.15) is 27.2 Å². The average molecular weight is 170 g/mol. The lowest BCUT2D eigenvalue weighted by Gasteiger charge is -2.31. The molecule has 1 rings (SSSR count). The fourth-order valence-corrected chi connectivity index (χ4v) is 1.32. The molecule has 0 aliphatic carbocycles. The van der Waals surface area contributed by atoms with Crippen molar-refractivity contribution in [3.8, 4) is 0 Å². The summed E-state index contributed by atoms with van der Waals surface area (Å²) in [5.74, 6) is -0.520. The van der Waals surface area contributed by atoms with E-state index in [0.717, 1.165) is 11.1 Å². The highest BCUT2D eigenvalue weighted by atomic mass is 16.6. The van der Waals surface area contributed by atoms with Crippen molar-refractivity contribution in [2.24, 2.45) is 0 Å². The van der Waals surface area contributed by atoms with Gasteiger partial charge in [0, 0.05) is 0 Å². The second-order valence-electron chi connectivity index (χ2n) is 3.20. The zero-order valence-electron chi connectivity index (χ0n) is 7.68. The molecule has 1 aliphatic heterocycles. The molecular weight excluding hydrogens is 156 g/mol. The van der Waals surface area contributed by atoms with Crippen LogP contribution in [0, 0.1) is 0 Å². The van der Waals surface area contributed by atoms with Gasteiger partial charge >= 0.3 is 5.97 Å². The van der Waals surface area contributed by atoms with E-state index in [1.807, 2.05) is 6.92 Å². The Morgan fingerprint density at radius 3 is 2.58 bits per heavy atom. The van der Waals surface area contributed by atoms with Crippen LogP contribution in [-0.4, -0.2) is 23.3 Å². The van der Waals surface area contributed by atoms with Gasteiger partial charge in [-0.15, -0.1) is 0 Å². The fraction of sp³-hybridized carbons (Fsp3) is 0.667. The Hall–Kier alpha value is -0.830. The maximum absolute atomic E-state index is 11.2. The largest absolute Gasteiger partial charge is 0.459 e. The van der Waals surface area contributed by atoms with Gasteiger partial charge in [-0.1, -0.05) is 6.92 Å². The fourth-order valence-electron chi connectivity index (χ4n) is 1.32. The molecule has 1 unspecified atom stereocenters. The third kappa shape index (κ3) is 1.14. The predicted molar refractivity (Wildman–Crippen MR) is 44.6 cm³/mol. The van der Waals surface area contributed by atoms with Gasteiger partial charge in [0.05, 0.1) is 0 Å². The van der Waals surface area contributed by atoms with Crippen LogP contribution in [0.2, 0.25) is 0 Å². The lowest BCUT2D eigenvalue weighted by atomic mass is 9.87. The molecule has 0 saturated carbocycles. The van der Waals surface area contributed by atoms with E-state index < -0.39 is 11.6 Å². The first-order valence-corrected chi connectivity index (χ1v) is 4.08. The van der Waals surface area contributed by atoms with Crippen molar-refractivity contribution in [1.82, 2.24) is 0 Å². The highest BCUT2D eigenvalue weighted by Gasteiger charge is 2.41. The van der Waals surface area contributed by atoms with Crippen molar-refractivity contribution in [2.75, 3.05) is 6.61 Å². The van der Waals surface area contributed by atoms with E-state index in [4.69, 9.17) is 4.74 Å². The zero-order chi connectivity index (χ0) is 9.35. The molecule has 0 radical (unpaired) electrons. The Morgan fingerprint density at radius 2 is 2.17 bits per heavy atom. The first-order chi connectivity index (χ1) is 5.52. The van der Waals surface area contributed by atoms with E-state index in [9.17, 15) is 9.90 Å². The second-order valence-corrected chi connectivity index (χ2v) is 3.20. The van der Waals surface area contributed by atoms with Crippen LogP contribution in [0.15, 0.2) is 11.1 Å². The third-order valence-corrected chi connectivity index (χ3v) is 2.53. The van der Waals surface area contributed by atoms with E-state index in [1.165, 1.54) is 0 Å². The molecule has 68 valence electrons. The number of cyclic esters (lactones) is 1. The Labute approximate surface area is 72.0 Å². The predicted octanol–water partition coefficient (Wildman–Crippen LogP) is 1.02. The van der Waals surface area contributed by atoms with Crippen molar-refractivity contribution >= 4 is 5.97 Å². The topological polar surface area (TPSA) is 46.5 Å². The molecule has 3 heteroatoms. The van der Waals surface area contributed by atoms with Gasteiger partial charge in [-0.05, 0) is 31.4 Å². The number of hydrogen-bond acceptors (Lipinski definition) is 3. The van der Waals surface area contributed by atoms with E-state index >= 15 is 0 Å². The van der Waals surface area contributed by atoms with Crippen molar-refractivity contribution in [2.45, 2.75) is 32.8 Å². The van der Waals surface area contributed by atoms with E-state index in [-0.39, 0.29) is 0 Å². The SMILES string of the molecule is CCC1(O)C(=O)OCC(C)=C1C. The minimum Gasteiger partial charge on any atom is -0.459 e. The number of esters is 1. The monoisotopic (exact) mass is 170 g/mol. The van der Waals surface area contributed by atoms with Crippen LogP contribution in [0.3, 0.4) is 0 Å². The molecule has 0 aromatic rings. The average Bonchev–Trinajstić information content (AvgIpc) is 2.08. The van der Waals surface area contributed by atoms with Gasteiger partial charge in [0.25, 0.3) is 0 Å². The maximum atomic E-state index is 11.2. The summed E-state index contributed by atoms with van der Waals surface area (Å²) in [6.45, 7) is 5.72. The van der Waals surface area contributed by atoms with Crippen LogP contribution in [0.25, 0.3) is 0 Å². The van der Waals surface area contributed by atoms with E-state index in [1.54, 1.807) is 13.8 Å². The van der Waals surface area contributed by atoms with Gasteiger partial charge < -0.3 is 9.84 Å². The van der Waals surface area contributed by atoms with Gasteiger partial charge in [0.2, 0.25) is 0 Å². The standard InChI is InChI=1S/C9H14O3/c1-4-9(11)7(3)6(2)5-12-8(9)10/h11H,4-5H2,1-3H3. The first kappa shape index (κ1) is 9.26. The van der Waals surface area contributed by atoms with Gasteiger partial charge in [-0.2, -0.15) is 0 Å². The van der Waals surface area contributed by atoms with Crippen molar-refractivity contribution in [3.05, 3.63) is 11.1 Å². The summed E-state index contributed by atoms with van der Waals surface area (Å²) in [7, 11) is 0. The third-order valence-electron chi connectivity index (χ3n) is 2.53. The summed E-state index contributed by atoms with van der Waals surface area (Å²) in [6, 6.07) is 0. The number of hydrogen-bond donors (Lipinski definition) is 1. The summed E-state index contributed by atoms with van der Waals surface area (Å²) < 4.78 is 4.82. The number of aliphatic hydroxyl groups is 1. The Kier molecular flexibility index (Phi) is 2.24. The lowest BCUT2D eigenvalue weighted by molar-refractivity contribution is -0.163. The second kappa shape index (κ2) is 2.90. The molecule has 3 nitrogen and oxygen atoms in total. The molecule has 1 atom stereocenters. The van der Waals surface area contributed by atoms with E-state index in [0.29, 0.717) is 13.0 Å². The van der Waals surface area contributed by atoms with Crippen LogP contribution < -0.4 is 0 Å². The molecule has 0 spiro atoms. The molecule has 0 fully saturated rings. The van der Waals surface area contributed by atoms with Crippen LogP contribution in [0.5, 0.6) is 0 Å². The molecule has 1 aliphatic rings. The van der Waals surface area contributed by atoms with Crippen LogP contribution in [0.4, 0.5) is 0 Å². The van der Waals surface area contributed by atoms with Crippen molar-refractivity contribution < 1.29 is 14.6 Å². The molecule has 1 N–H and O–H groups in total. The molecule has 0 saturated heterocycles. The quantitative estimate of drug-likeness (QED) is 0.472. The molecule has 0 bridgehead atoms. The Bertz CT molecular complexity index is 242. The first-order valence-electron chi connectivity index (χ1n) is 4.08. The van der Waals surface area contributed by atoms with Crippen LogP contribution >= 0.6 is 0 Å². The molecule has 12 heavy (non-hydrogen) atoms. The molecular formula is C9H14O3. The Morgan fingerprint density at radius 1 is 1.58 bits per heavy atom. The highest BCUT2D eigenvalue weighted by Crippen LogP contribution is 2.29. The molecule has 0 aromatic carbocycles. The Balaban J connectivity index is 3.10. The highest BCUT2D eigenvalue weighted by molar-refractivity contribution is 5.84. The number of rotatable bonds is 1. The van der Waals surface area contributed by atoms with Gasteiger partial charge in [-0.3, -0.25) is 0 Å². The lowest BCUT2D eigenvalue weighted by Crippen LogP contribution is -2.44. The minimum absolute atomic E-state index is 0.312. The van der Waals surface area contributed by atoms with Crippen molar-refractivity contribution in [1.29, 1.82) is 0 Å². The smallest absolute Gasteiger partial charge is 0.342 e. The summed E-state index contributed by atoms with van der Waals surface area (Å²) in [5.41, 5.74) is 0.308. The van der Waals surface area contributed by atoms with Crippen molar-refractivity contribution in [3.63, 3.8) is 0 Å².